The molecule has 23 heavy (non-hydrogen) atoms. The number of anilines is 1. The third-order valence-electron chi connectivity index (χ3n) is 3.30. The number of rotatable bonds is 5. The fourth-order valence-corrected chi connectivity index (χ4v) is 2.12. The van der Waals surface area contributed by atoms with E-state index in [1.54, 1.807) is 11.9 Å². The molecular formula is C17H17F3N2O. The zero-order chi connectivity index (χ0) is 17.0. The standard InChI is InChI=1S/C17H17F3N2O/c1-11-3-5-12(6-4-11)9-22(2)10-15(23)21-14-8-7-13(18)16(19)17(14)20/h3-8H,9-10H2,1-2H3,(H,21,23). The smallest absolute Gasteiger partial charge is 0.238 e. The summed E-state index contributed by atoms with van der Waals surface area (Å²) < 4.78 is 39.5. The molecule has 3 nitrogen and oxygen atoms in total. The predicted molar refractivity (Wildman–Crippen MR) is 82.5 cm³/mol. The molecule has 0 aromatic heterocycles. The lowest BCUT2D eigenvalue weighted by atomic mass is 10.1. The summed E-state index contributed by atoms with van der Waals surface area (Å²) in [5.41, 5.74) is 1.80. The fourth-order valence-electron chi connectivity index (χ4n) is 2.12. The molecule has 0 heterocycles. The summed E-state index contributed by atoms with van der Waals surface area (Å²) in [6.45, 7) is 2.51. The monoisotopic (exact) mass is 322 g/mol. The number of amides is 1. The second-order valence-electron chi connectivity index (χ2n) is 5.43. The van der Waals surface area contributed by atoms with Crippen molar-refractivity contribution < 1.29 is 18.0 Å². The van der Waals surface area contributed by atoms with Crippen molar-refractivity contribution in [3.63, 3.8) is 0 Å². The summed E-state index contributed by atoms with van der Waals surface area (Å²) in [6.07, 6.45) is 0. The highest BCUT2D eigenvalue weighted by Gasteiger charge is 2.16. The van der Waals surface area contributed by atoms with E-state index in [2.05, 4.69) is 5.32 Å². The van der Waals surface area contributed by atoms with Gasteiger partial charge in [-0.1, -0.05) is 29.8 Å². The lowest BCUT2D eigenvalue weighted by Gasteiger charge is -2.16. The number of hydrogen-bond acceptors (Lipinski definition) is 2. The molecule has 0 saturated carbocycles. The second-order valence-corrected chi connectivity index (χ2v) is 5.43. The van der Waals surface area contributed by atoms with Crippen LogP contribution in [0.15, 0.2) is 36.4 Å². The first-order chi connectivity index (χ1) is 10.9. The van der Waals surface area contributed by atoms with E-state index in [0.717, 1.165) is 23.3 Å². The summed E-state index contributed by atoms with van der Waals surface area (Å²) in [5, 5.41) is 2.24. The summed E-state index contributed by atoms with van der Waals surface area (Å²) in [7, 11) is 1.74. The number of halogens is 3. The van der Waals surface area contributed by atoms with Crippen LogP contribution in [-0.4, -0.2) is 24.4 Å². The largest absolute Gasteiger partial charge is 0.322 e. The molecule has 6 heteroatoms. The van der Waals surface area contributed by atoms with E-state index < -0.39 is 23.4 Å². The minimum absolute atomic E-state index is 0.00763. The number of aryl methyl sites for hydroxylation is 1. The Bertz CT molecular complexity index is 702. The summed E-state index contributed by atoms with van der Waals surface area (Å²) in [4.78, 5) is 13.6. The molecule has 0 unspecified atom stereocenters. The van der Waals surface area contributed by atoms with Gasteiger partial charge in [0.25, 0.3) is 0 Å². The highest BCUT2D eigenvalue weighted by atomic mass is 19.2. The molecule has 0 aliphatic rings. The molecule has 2 rings (SSSR count). The molecule has 2 aromatic rings. The van der Waals surface area contributed by atoms with Crippen LogP contribution in [0.25, 0.3) is 0 Å². The highest BCUT2D eigenvalue weighted by molar-refractivity contribution is 5.92. The summed E-state index contributed by atoms with van der Waals surface area (Å²) in [6, 6.07) is 9.62. The predicted octanol–water partition coefficient (Wildman–Crippen LogP) is 3.48. The fraction of sp³-hybridized carbons (Fsp3) is 0.235. The van der Waals surface area contributed by atoms with Gasteiger partial charge in [-0.2, -0.15) is 0 Å². The molecule has 122 valence electrons. The minimum Gasteiger partial charge on any atom is -0.322 e. The maximum atomic E-state index is 13.5. The minimum atomic E-state index is -1.60. The van der Waals surface area contributed by atoms with Crippen molar-refractivity contribution in [3.8, 4) is 0 Å². The number of nitrogens with one attached hydrogen (secondary N) is 1. The first kappa shape index (κ1) is 17.0. The van der Waals surface area contributed by atoms with Gasteiger partial charge >= 0.3 is 0 Å². The Balaban J connectivity index is 1.94. The van der Waals surface area contributed by atoms with Gasteiger partial charge in [0.1, 0.15) is 0 Å². The van der Waals surface area contributed by atoms with E-state index in [-0.39, 0.29) is 12.2 Å². The Morgan fingerprint density at radius 3 is 2.35 bits per heavy atom. The number of nitrogens with zero attached hydrogens (tertiary/aromatic N) is 1. The van der Waals surface area contributed by atoms with Gasteiger partial charge in [-0.3, -0.25) is 9.69 Å². The van der Waals surface area contributed by atoms with Crippen LogP contribution in [0.2, 0.25) is 0 Å². The van der Waals surface area contributed by atoms with Crippen LogP contribution in [0, 0.1) is 24.4 Å². The van der Waals surface area contributed by atoms with Crippen molar-refractivity contribution >= 4 is 11.6 Å². The molecule has 0 saturated heterocycles. The Kier molecular flexibility index (Phi) is 5.39. The topological polar surface area (TPSA) is 32.3 Å². The van der Waals surface area contributed by atoms with Crippen molar-refractivity contribution in [2.75, 3.05) is 18.9 Å². The molecule has 0 spiro atoms. The molecule has 1 amide bonds. The van der Waals surface area contributed by atoms with E-state index >= 15 is 0 Å². The highest BCUT2D eigenvalue weighted by Crippen LogP contribution is 2.19. The van der Waals surface area contributed by atoms with Gasteiger partial charge in [0.15, 0.2) is 17.5 Å². The molecule has 0 fully saturated rings. The molecule has 2 aromatic carbocycles. The molecule has 0 aliphatic carbocycles. The van der Waals surface area contributed by atoms with Crippen molar-refractivity contribution in [1.29, 1.82) is 0 Å². The van der Waals surface area contributed by atoms with Crippen molar-refractivity contribution in [2.45, 2.75) is 13.5 Å². The van der Waals surface area contributed by atoms with E-state index in [1.807, 2.05) is 31.2 Å². The van der Waals surface area contributed by atoms with Crippen LogP contribution in [-0.2, 0) is 11.3 Å². The van der Waals surface area contributed by atoms with E-state index in [1.165, 1.54) is 0 Å². The van der Waals surface area contributed by atoms with Crippen molar-refractivity contribution in [2.24, 2.45) is 0 Å². The molecule has 0 bridgehead atoms. The van der Waals surface area contributed by atoms with Gasteiger partial charge in [0.2, 0.25) is 5.91 Å². The lowest BCUT2D eigenvalue weighted by molar-refractivity contribution is -0.117. The lowest BCUT2D eigenvalue weighted by Crippen LogP contribution is -2.30. The molecule has 0 aliphatic heterocycles. The number of carbonyl (C=O) groups is 1. The van der Waals surface area contributed by atoms with Crippen LogP contribution in [0.4, 0.5) is 18.9 Å². The number of hydrogen-bond donors (Lipinski definition) is 1. The molecule has 1 N–H and O–H groups in total. The maximum Gasteiger partial charge on any atom is 0.238 e. The van der Waals surface area contributed by atoms with Crippen LogP contribution < -0.4 is 5.32 Å². The van der Waals surface area contributed by atoms with Gasteiger partial charge < -0.3 is 5.32 Å². The Morgan fingerprint density at radius 2 is 1.70 bits per heavy atom. The first-order valence-electron chi connectivity index (χ1n) is 7.04. The van der Waals surface area contributed by atoms with Crippen molar-refractivity contribution in [1.82, 2.24) is 4.90 Å². The van der Waals surface area contributed by atoms with Gasteiger partial charge in [0.05, 0.1) is 12.2 Å². The van der Waals surface area contributed by atoms with Gasteiger partial charge in [-0.05, 0) is 31.7 Å². The second kappa shape index (κ2) is 7.28. The van der Waals surface area contributed by atoms with Crippen LogP contribution in [0.5, 0.6) is 0 Å². The van der Waals surface area contributed by atoms with E-state index in [4.69, 9.17) is 0 Å². The third-order valence-corrected chi connectivity index (χ3v) is 3.30. The zero-order valence-electron chi connectivity index (χ0n) is 12.9. The maximum absolute atomic E-state index is 13.5. The van der Waals surface area contributed by atoms with E-state index in [9.17, 15) is 18.0 Å². The number of benzene rings is 2. The van der Waals surface area contributed by atoms with Crippen molar-refractivity contribution in [3.05, 3.63) is 65.0 Å². The molecule has 0 atom stereocenters. The Morgan fingerprint density at radius 1 is 1.04 bits per heavy atom. The SMILES string of the molecule is Cc1ccc(CN(C)CC(=O)Nc2ccc(F)c(F)c2F)cc1. The average molecular weight is 322 g/mol. The zero-order valence-corrected chi connectivity index (χ0v) is 12.9. The Labute approximate surface area is 132 Å². The quantitative estimate of drug-likeness (QED) is 0.855. The van der Waals surface area contributed by atoms with Gasteiger partial charge in [-0.25, -0.2) is 13.2 Å². The molecule has 0 radical (unpaired) electrons. The number of carbonyl (C=O) groups excluding carboxylic acids is 1. The number of likely N-dealkylation sites (N-methyl/N-ethyl adjacent to an activating group) is 1. The average Bonchev–Trinajstić information content (AvgIpc) is 2.50. The van der Waals surface area contributed by atoms with Gasteiger partial charge in [0, 0.05) is 6.54 Å². The summed E-state index contributed by atoms with van der Waals surface area (Å²) >= 11 is 0. The van der Waals surface area contributed by atoms with Gasteiger partial charge in [-0.15, -0.1) is 0 Å². The first-order valence-corrected chi connectivity index (χ1v) is 7.04. The van der Waals surface area contributed by atoms with E-state index in [0.29, 0.717) is 6.54 Å². The van der Waals surface area contributed by atoms with Crippen LogP contribution >= 0.6 is 0 Å². The Hall–Kier alpha value is -2.34. The molecular weight excluding hydrogens is 305 g/mol. The van der Waals surface area contributed by atoms with Crippen LogP contribution in [0.3, 0.4) is 0 Å². The normalized spacial score (nSPS) is 10.9. The summed E-state index contributed by atoms with van der Waals surface area (Å²) in [5.74, 6) is -4.81. The van der Waals surface area contributed by atoms with Crippen LogP contribution in [0.1, 0.15) is 11.1 Å². The third kappa shape index (κ3) is 4.56.